The van der Waals surface area contributed by atoms with Gasteiger partial charge in [0.25, 0.3) is 5.91 Å². The van der Waals surface area contributed by atoms with Gasteiger partial charge in [-0.25, -0.2) is 0 Å². The van der Waals surface area contributed by atoms with Gasteiger partial charge in [-0.15, -0.1) is 10.2 Å². The second-order valence-corrected chi connectivity index (χ2v) is 8.20. The molecule has 0 fully saturated rings. The van der Waals surface area contributed by atoms with Crippen LogP contribution in [0.5, 0.6) is 11.5 Å². The summed E-state index contributed by atoms with van der Waals surface area (Å²) in [5.74, 6) is 1.07. The molecular formula is C21H23N3O3S. The lowest BCUT2D eigenvalue weighted by atomic mass is 9.87. The molecule has 28 heavy (non-hydrogen) atoms. The van der Waals surface area contributed by atoms with E-state index in [2.05, 4.69) is 36.3 Å². The Labute approximate surface area is 168 Å². The molecule has 0 saturated heterocycles. The molecule has 0 unspecified atom stereocenters. The van der Waals surface area contributed by atoms with Gasteiger partial charge in [-0.05, 0) is 35.2 Å². The van der Waals surface area contributed by atoms with E-state index in [1.54, 1.807) is 7.11 Å². The minimum atomic E-state index is -0.289. The van der Waals surface area contributed by atoms with E-state index in [0.717, 1.165) is 5.56 Å². The molecule has 0 spiro atoms. The normalized spacial score (nSPS) is 11.1. The van der Waals surface area contributed by atoms with Crippen LogP contribution in [0.1, 0.15) is 26.3 Å². The van der Waals surface area contributed by atoms with Crippen LogP contribution in [0.25, 0.3) is 10.6 Å². The predicted octanol–water partition coefficient (Wildman–Crippen LogP) is 4.53. The minimum Gasteiger partial charge on any atom is -0.496 e. The summed E-state index contributed by atoms with van der Waals surface area (Å²) in [6, 6.07) is 15.3. The average Bonchev–Trinajstić information content (AvgIpc) is 3.14. The summed E-state index contributed by atoms with van der Waals surface area (Å²) in [7, 11) is 1.61. The average molecular weight is 398 g/mol. The van der Waals surface area contributed by atoms with Crippen LogP contribution in [0, 0.1) is 0 Å². The lowest BCUT2D eigenvalue weighted by molar-refractivity contribution is -0.118. The fourth-order valence-electron chi connectivity index (χ4n) is 2.56. The van der Waals surface area contributed by atoms with Crippen molar-refractivity contribution in [3.63, 3.8) is 0 Å². The van der Waals surface area contributed by atoms with Crippen molar-refractivity contribution in [1.29, 1.82) is 0 Å². The number of nitrogens with zero attached hydrogens (tertiary/aromatic N) is 2. The summed E-state index contributed by atoms with van der Waals surface area (Å²) < 4.78 is 10.9. The van der Waals surface area contributed by atoms with E-state index in [9.17, 15) is 4.79 Å². The first-order valence-electron chi connectivity index (χ1n) is 8.87. The van der Waals surface area contributed by atoms with E-state index >= 15 is 0 Å². The highest BCUT2D eigenvalue weighted by molar-refractivity contribution is 7.18. The third kappa shape index (κ3) is 4.86. The van der Waals surface area contributed by atoms with E-state index in [-0.39, 0.29) is 17.9 Å². The lowest BCUT2D eigenvalue weighted by Crippen LogP contribution is -2.20. The molecule has 6 nitrogen and oxygen atoms in total. The molecule has 0 radical (unpaired) electrons. The fraction of sp³-hybridized carbons (Fsp3) is 0.286. The molecule has 0 bridgehead atoms. The Morgan fingerprint density at radius 1 is 1.07 bits per heavy atom. The van der Waals surface area contributed by atoms with Crippen LogP contribution in [-0.2, 0) is 10.2 Å². The highest BCUT2D eigenvalue weighted by atomic mass is 32.1. The van der Waals surface area contributed by atoms with E-state index in [1.165, 1.54) is 16.9 Å². The van der Waals surface area contributed by atoms with Crippen LogP contribution < -0.4 is 14.8 Å². The van der Waals surface area contributed by atoms with Gasteiger partial charge in [0.2, 0.25) is 5.13 Å². The zero-order valence-corrected chi connectivity index (χ0v) is 17.2. The van der Waals surface area contributed by atoms with Gasteiger partial charge < -0.3 is 9.47 Å². The minimum absolute atomic E-state index is 0.0763. The number of nitrogens with one attached hydrogen (secondary N) is 1. The Kier molecular flexibility index (Phi) is 5.94. The van der Waals surface area contributed by atoms with Crippen LogP contribution in [0.4, 0.5) is 5.13 Å². The highest BCUT2D eigenvalue weighted by Crippen LogP contribution is 2.33. The SMILES string of the molecule is COc1ccccc1-c1nnc(NC(=O)COc2ccc(C(C)(C)C)cc2)s1. The first-order chi connectivity index (χ1) is 13.4. The number of carbonyl (C=O) groups excluding carboxylic acids is 1. The summed E-state index contributed by atoms with van der Waals surface area (Å²) in [5.41, 5.74) is 2.12. The molecule has 0 atom stereocenters. The number of aromatic nitrogens is 2. The van der Waals surface area contributed by atoms with Crippen LogP contribution in [0.3, 0.4) is 0 Å². The monoisotopic (exact) mass is 397 g/mol. The van der Waals surface area contributed by atoms with Crippen molar-refractivity contribution >= 4 is 22.4 Å². The first kappa shape index (κ1) is 19.8. The summed E-state index contributed by atoms with van der Waals surface area (Å²) in [5, 5.41) is 12.0. The maximum Gasteiger partial charge on any atom is 0.264 e. The topological polar surface area (TPSA) is 73.3 Å². The van der Waals surface area contributed by atoms with Gasteiger partial charge in [0.05, 0.1) is 12.7 Å². The number of ether oxygens (including phenoxy) is 2. The Morgan fingerprint density at radius 3 is 2.46 bits per heavy atom. The molecule has 0 aliphatic heterocycles. The zero-order chi connectivity index (χ0) is 20.1. The van der Waals surface area contributed by atoms with Crippen molar-refractivity contribution in [2.45, 2.75) is 26.2 Å². The Morgan fingerprint density at radius 2 is 1.79 bits per heavy atom. The molecule has 0 aliphatic carbocycles. The van der Waals surface area contributed by atoms with Crippen molar-refractivity contribution in [3.8, 4) is 22.1 Å². The number of anilines is 1. The molecule has 3 rings (SSSR count). The first-order valence-corrected chi connectivity index (χ1v) is 9.68. The zero-order valence-electron chi connectivity index (χ0n) is 16.4. The molecular weight excluding hydrogens is 374 g/mol. The number of carbonyl (C=O) groups is 1. The standard InChI is InChI=1S/C21H23N3O3S/c1-21(2,3)14-9-11-15(12-10-14)27-13-18(25)22-20-24-23-19(28-20)16-7-5-6-8-17(16)26-4/h5-12H,13H2,1-4H3,(H,22,24,25). The fourth-order valence-corrected chi connectivity index (χ4v) is 3.35. The molecule has 7 heteroatoms. The molecule has 1 heterocycles. The summed E-state index contributed by atoms with van der Waals surface area (Å²) in [6.45, 7) is 6.35. The second kappa shape index (κ2) is 8.39. The Bertz CT molecular complexity index is 946. The number of methoxy groups -OCH3 is 1. The highest BCUT2D eigenvalue weighted by Gasteiger charge is 2.15. The molecule has 1 N–H and O–H groups in total. The maximum absolute atomic E-state index is 12.2. The van der Waals surface area contributed by atoms with Crippen LogP contribution in [0.15, 0.2) is 48.5 Å². The van der Waals surface area contributed by atoms with Gasteiger partial charge in [-0.3, -0.25) is 10.1 Å². The van der Waals surface area contributed by atoms with Crippen molar-refractivity contribution in [3.05, 3.63) is 54.1 Å². The molecule has 2 aromatic carbocycles. The maximum atomic E-state index is 12.2. The molecule has 146 valence electrons. The molecule has 1 aromatic heterocycles. The third-order valence-corrected chi connectivity index (χ3v) is 4.97. The number of hydrogen-bond donors (Lipinski definition) is 1. The van der Waals surface area contributed by atoms with Gasteiger partial charge in [-0.2, -0.15) is 0 Å². The van der Waals surface area contributed by atoms with Gasteiger partial charge in [-0.1, -0.05) is 56.4 Å². The largest absolute Gasteiger partial charge is 0.496 e. The van der Waals surface area contributed by atoms with Gasteiger partial charge in [0, 0.05) is 0 Å². The molecule has 0 saturated carbocycles. The van der Waals surface area contributed by atoms with Gasteiger partial charge in [0.15, 0.2) is 11.6 Å². The smallest absolute Gasteiger partial charge is 0.264 e. The van der Waals surface area contributed by atoms with Crippen molar-refractivity contribution in [2.24, 2.45) is 0 Å². The van der Waals surface area contributed by atoms with Crippen LogP contribution >= 0.6 is 11.3 Å². The predicted molar refractivity (Wildman–Crippen MR) is 111 cm³/mol. The Hall–Kier alpha value is -2.93. The number of amides is 1. The van der Waals surface area contributed by atoms with Gasteiger partial charge >= 0.3 is 0 Å². The number of benzene rings is 2. The number of para-hydroxylation sites is 1. The van der Waals surface area contributed by atoms with E-state index in [4.69, 9.17) is 9.47 Å². The van der Waals surface area contributed by atoms with Crippen LogP contribution in [0.2, 0.25) is 0 Å². The molecule has 3 aromatic rings. The summed E-state index contributed by atoms with van der Waals surface area (Å²) in [4.78, 5) is 12.2. The summed E-state index contributed by atoms with van der Waals surface area (Å²) in [6.07, 6.45) is 0. The second-order valence-electron chi connectivity index (χ2n) is 7.22. The van der Waals surface area contributed by atoms with Crippen molar-refractivity contribution in [2.75, 3.05) is 19.0 Å². The molecule has 0 aliphatic rings. The molecule has 1 amide bonds. The number of rotatable bonds is 6. The summed E-state index contributed by atoms with van der Waals surface area (Å²) >= 11 is 1.28. The van der Waals surface area contributed by atoms with Crippen molar-refractivity contribution < 1.29 is 14.3 Å². The number of hydrogen-bond acceptors (Lipinski definition) is 6. The van der Waals surface area contributed by atoms with E-state index < -0.39 is 0 Å². The Balaban J connectivity index is 1.58. The van der Waals surface area contributed by atoms with E-state index in [1.807, 2.05) is 48.5 Å². The third-order valence-electron chi connectivity index (χ3n) is 4.10. The quantitative estimate of drug-likeness (QED) is 0.662. The van der Waals surface area contributed by atoms with Crippen molar-refractivity contribution in [1.82, 2.24) is 10.2 Å². The van der Waals surface area contributed by atoms with Crippen LogP contribution in [-0.4, -0.2) is 29.8 Å². The lowest BCUT2D eigenvalue weighted by Gasteiger charge is -2.19. The van der Waals surface area contributed by atoms with E-state index in [0.29, 0.717) is 21.6 Å². The van der Waals surface area contributed by atoms with Gasteiger partial charge in [0.1, 0.15) is 11.5 Å².